The van der Waals surface area contributed by atoms with Gasteiger partial charge in [-0.1, -0.05) is 12.1 Å². The van der Waals surface area contributed by atoms with E-state index in [9.17, 15) is 18.0 Å². The monoisotopic (exact) mass is 484 g/mol. The fraction of sp³-hybridized carbons (Fsp3) is 0.417. The van der Waals surface area contributed by atoms with Gasteiger partial charge in [-0.25, -0.2) is 8.42 Å². The lowest BCUT2D eigenvalue weighted by Gasteiger charge is -2.33. The van der Waals surface area contributed by atoms with Crippen LogP contribution in [0.5, 0.6) is 0 Å². The maximum Gasteiger partial charge on any atom is 0.296 e. The predicted octanol–water partition coefficient (Wildman–Crippen LogP) is 0.775. The molecule has 0 aliphatic carbocycles. The van der Waals surface area contributed by atoms with Crippen molar-refractivity contribution in [2.45, 2.75) is 17.9 Å². The van der Waals surface area contributed by atoms with Crippen LogP contribution in [0.1, 0.15) is 21.5 Å². The molecule has 0 radical (unpaired) electrons. The van der Waals surface area contributed by atoms with Crippen molar-refractivity contribution in [3.05, 3.63) is 47.0 Å². The van der Waals surface area contributed by atoms with Gasteiger partial charge in [0, 0.05) is 45.8 Å². The molecule has 0 aromatic heterocycles. The predicted molar refractivity (Wildman–Crippen MR) is 127 cm³/mol. The summed E-state index contributed by atoms with van der Waals surface area (Å²) in [7, 11) is -1.62. The zero-order valence-electron chi connectivity index (χ0n) is 19.1. The molecule has 0 bridgehead atoms. The number of piperazine rings is 1. The molecule has 1 amide bonds. The van der Waals surface area contributed by atoms with Crippen LogP contribution in [0.4, 0.5) is 5.69 Å². The van der Waals surface area contributed by atoms with Crippen molar-refractivity contribution >= 4 is 27.4 Å². The summed E-state index contributed by atoms with van der Waals surface area (Å²) in [6.45, 7) is 4.06. The maximum absolute atomic E-state index is 13.2. The summed E-state index contributed by atoms with van der Waals surface area (Å²) in [5.74, 6) is -1.14. The minimum atomic E-state index is -3.62. The van der Waals surface area contributed by atoms with E-state index in [1.807, 2.05) is 11.9 Å². The summed E-state index contributed by atoms with van der Waals surface area (Å²) >= 11 is 0. The van der Waals surface area contributed by atoms with Gasteiger partial charge in [-0.15, -0.1) is 0 Å². The first-order chi connectivity index (χ1) is 16.3. The molecule has 1 fully saturated rings. The van der Waals surface area contributed by atoms with E-state index in [-0.39, 0.29) is 11.5 Å². The van der Waals surface area contributed by atoms with E-state index in [4.69, 9.17) is 5.11 Å². The molecule has 5 rings (SSSR count). The second kappa shape index (κ2) is 8.86. The second-order valence-corrected chi connectivity index (χ2v) is 11.0. The summed E-state index contributed by atoms with van der Waals surface area (Å²) in [4.78, 5) is 28.9. The number of amides is 1. The molecule has 1 saturated heterocycles. The van der Waals surface area contributed by atoms with Crippen LogP contribution in [0.3, 0.4) is 0 Å². The average Bonchev–Trinajstić information content (AvgIpc) is 3.13. The number of sulfonamides is 1. The Balaban J connectivity index is 1.46. The molecule has 3 heterocycles. The highest BCUT2D eigenvalue weighted by molar-refractivity contribution is 7.89. The van der Waals surface area contributed by atoms with Crippen LogP contribution < -0.4 is 5.32 Å². The van der Waals surface area contributed by atoms with Gasteiger partial charge >= 0.3 is 0 Å². The van der Waals surface area contributed by atoms with Gasteiger partial charge in [0.2, 0.25) is 10.0 Å². The highest BCUT2D eigenvalue weighted by atomic mass is 32.2. The minimum Gasteiger partial charge on any atom is -0.395 e. The number of fused-ring (bicyclic) bond motifs is 3. The topological polar surface area (TPSA) is 110 Å². The van der Waals surface area contributed by atoms with Crippen molar-refractivity contribution in [2.75, 3.05) is 58.2 Å². The standard InChI is InChI=1S/C24H28N4O5S/c1-26-7-6-18-19(14-20-22(21(18)15-26)25-24(31)23(20)30)16-2-4-17(5-3-16)34(32,33)28-10-8-27(9-11-28)12-13-29/h2-5,14,29H,6-13,15H2,1H3,(H,25,30,31). The molecule has 2 aromatic carbocycles. The first-order valence-electron chi connectivity index (χ1n) is 11.5. The number of ketones is 1. The number of carbonyl (C=O) groups excluding carboxylic acids is 2. The van der Waals surface area contributed by atoms with Crippen LogP contribution in [-0.2, 0) is 27.8 Å². The van der Waals surface area contributed by atoms with E-state index in [1.54, 1.807) is 30.3 Å². The Morgan fingerprint density at radius 3 is 2.35 bits per heavy atom. The van der Waals surface area contributed by atoms with E-state index in [0.29, 0.717) is 50.5 Å². The molecule has 0 saturated carbocycles. The number of likely N-dealkylation sites (N-methyl/N-ethyl adjacent to an activating group) is 1. The molecule has 3 aliphatic heterocycles. The second-order valence-electron chi connectivity index (χ2n) is 9.07. The number of aliphatic hydroxyl groups excluding tert-OH is 1. The molecule has 0 spiro atoms. The highest BCUT2D eigenvalue weighted by Gasteiger charge is 2.34. The number of rotatable bonds is 5. The number of Topliss-reactive ketones (excluding diaryl/α,β-unsaturated/α-hetero) is 1. The molecule has 2 aromatic rings. The Bertz CT molecular complexity index is 1250. The van der Waals surface area contributed by atoms with E-state index >= 15 is 0 Å². The number of nitrogens with one attached hydrogen (secondary N) is 1. The van der Waals surface area contributed by atoms with Crippen molar-refractivity contribution in [3.8, 4) is 11.1 Å². The Kier molecular flexibility index (Phi) is 6.03. The molecule has 0 atom stereocenters. The van der Waals surface area contributed by atoms with Gasteiger partial charge in [-0.05, 0) is 53.9 Å². The van der Waals surface area contributed by atoms with E-state index in [2.05, 4.69) is 10.2 Å². The SMILES string of the molecule is CN1CCc2c(-c3ccc(S(=O)(=O)N4CCN(CCO)CC4)cc3)cc3c(c2C1)NC(=O)C3=O. The highest BCUT2D eigenvalue weighted by Crippen LogP contribution is 2.40. The molecule has 9 nitrogen and oxygen atoms in total. The smallest absolute Gasteiger partial charge is 0.296 e. The number of β-amino-alcohol motifs (C(OH)–C–C–N with tert-alkyl or cyclic N) is 1. The summed E-state index contributed by atoms with van der Waals surface area (Å²) in [5, 5.41) is 11.8. The normalized spacial score (nSPS) is 19.7. The van der Waals surface area contributed by atoms with Crippen molar-refractivity contribution in [1.82, 2.24) is 14.1 Å². The number of nitrogens with zero attached hydrogens (tertiary/aromatic N) is 3. The largest absolute Gasteiger partial charge is 0.395 e. The van der Waals surface area contributed by atoms with Crippen LogP contribution in [0, 0.1) is 0 Å². The van der Waals surface area contributed by atoms with Gasteiger partial charge in [-0.2, -0.15) is 4.31 Å². The molecular formula is C24H28N4O5S. The Morgan fingerprint density at radius 2 is 1.68 bits per heavy atom. The summed E-state index contributed by atoms with van der Waals surface area (Å²) in [6, 6.07) is 8.56. The van der Waals surface area contributed by atoms with Crippen LogP contribution in [0.15, 0.2) is 35.2 Å². The van der Waals surface area contributed by atoms with Gasteiger partial charge in [0.15, 0.2) is 0 Å². The van der Waals surface area contributed by atoms with Gasteiger partial charge in [0.1, 0.15) is 0 Å². The number of hydrogen-bond donors (Lipinski definition) is 2. The number of hydrogen-bond acceptors (Lipinski definition) is 7. The zero-order valence-corrected chi connectivity index (χ0v) is 19.9. The van der Waals surface area contributed by atoms with Crippen molar-refractivity contribution in [2.24, 2.45) is 0 Å². The van der Waals surface area contributed by atoms with Gasteiger partial charge in [0.25, 0.3) is 11.7 Å². The average molecular weight is 485 g/mol. The van der Waals surface area contributed by atoms with Gasteiger partial charge in [0.05, 0.1) is 22.8 Å². The van der Waals surface area contributed by atoms with E-state index in [1.165, 1.54) is 4.31 Å². The third-order valence-corrected chi connectivity index (χ3v) is 8.87. The third-order valence-electron chi connectivity index (χ3n) is 6.96. The molecule has 3 aliphatic rings. The number of benzene rings is 2. The molecular weight excluding hydrogens is 456 g/mol. The van der Waals surface area contributed by atoms with Crippen molar-refractivity contribution in [1.29, 1.82) is 0 Å². The lowest BCUT2D eigenvalue weighted by molar-refractivity contribution is -0.112. The van der Waals surface area contributed by atoms with E-state index < -0.39 is 21.7 Å². The Hall–Kier alpha value is -2.63. The Morgan fingerprint density at radius 1 is 0.971 bits per heavy atom. The molecule has 180 valence electrons. The maximum atomic E-state index is 13.2. The number of aliphatic hydroxyl groups is 1. The van der Waals surface area contributed by atoms with Gasteiger partial charge in [-0.3, -0.25) is 14.5 Å². The zero-order chi connectivity index (χ0) is 24.0. The molecule has 2 N–H and O–H groups in total. The third kappa shape index (κ3) is 3.95. The number of anilines is 1. The van der Waals surface area contributed by atoms with Crippen molar-refractivity contribution < 1.29 is 23.1 Å². The Labute approximate surface area is 199 Å². The first-order valence-corrected chi connectivity index (χ1v) is 12.9. The van der Waals surface area contributed by atoms with Crippen LogP contribution in [0.2, 0.25) is 0 Å². The number of carbonyl (C=O) groups is 2. The van der Waals surface area contributed by atoms with Gasteiger partial charge < -0.3 is 15.3 Å². The lowest BCUT2D eigenvalue weighted by Crippen LogP contribution is -2.49. The van der Waals surface area contributed by atoms with E-state index in [0.717, 1.165) is 35.2 Å². The van der Waals surface area contributed by atoms with Crippen LogP contribution in [-0.4, -0.2) is 92.2 Å². The lowest BCUT2D eigenvalue weighted by atomic mass is 9.87. The molecule has 0 unspecified atom stereocenters. The molecule has 34 heavy (non-hydrogen) atoms. The first kappa shape index (κ1) is 23.1. The summed E-state index contributed by atoms with van der Waals surface area (Å²) in [6.07, 6.45) is 0.774. The van der Waals surface area contributed by atoms with Crippen molar-refractivity contribution in [3.63, 3.8) is 0 Å². The molecule has 10 heteroatoms. The summed E-state index contributed by atoms with van der Waals surface area (Å²) in [5.41, 5.74) is 4.72. The fourth-order valence-corrected chi connectivity index (χ4v) is 6.48. The fourth-order valence-electron chi connectivity index (χ4n) is 5.05. The van der Waals surface area contributed by atoms with Crippen LogP contribution in [0.25, 0.3) is 11.1 Å². The summed E-state index contributed by atoms with van der Waals surface area (Å²) < 4.78 is 27.8. The quantitative estimate of drug-likeness (QED) is 0.604. The minimum absolute atomic E-state index is 0.0622. The van der Waals surface area contributed by atoms with Crippen LogP contribution >= 0.6 is 0 Å².